The molecule has 0 atom stereocenters. The Hall–Kier alpha value is -4.20. The van der Waals surface area contributed by atoms with Gasteiger partial charge in [-0.05, 0) is 24.3 Å². The Morgan fingerprint density at radius 2 is 1.69 bits per heavy atom. The van der Waals surface area contributed by atoms with Crippen LogP contribution in [0.15, 0.2) is 36.4 Å². The fourth-order valence-electron chi connectivity index (χ4n) is 4.76. The maximum Gasteiger partial charge on any atom is 0.324 e. The van der Waals surface area contributed by atoms with E-state index < -0.39 is 6.03 Å². The van der Waals surface area contributed by atoms with Crippen molar-refractivity contribution in [1.82, 2.24) is 19.8 Å². The zero-order valence-corrected chi connectivity index (χ0v) is 24.2. The third-order valence-electron chi connectivity index (χ3n) is 7.04. The van der Waals surface area contributed by atoms with Crippen LogP contribution in [0.4, 0.5) is 22.2 Å². The predicted octanol–water partition coefficient (Wildman–Crippen LogP) is 2.53. The van der Waals surface area contributed by atoms with Gasteiger partial charge in [-0.15, -0.1) is 0 Å². The van der Waals surface area contributed by atoms with E-state index >= 15 is 0 Å². The van der Waals surface area contributed by atoms with Gasteiger partial charge in [0.05, 0.1) is 39.1 Å². The van der Waals surface area contributed by atoms with E-state index in [4.69, 9.17) is 28.9 Å². The van der Waals surface area contributed by atoms with Gasteiger partial charge in [0, 0.05) is 69.5 Å². The van der Waals surface area contributed by atoms with Crippen LogP contribution in [0.3, 0.4) is 0 Å². The summed E-state index contributed by atoms with van der Waals surface area (Å²) in [6.07, 6.45) is 0. The number of hydrogen-bond donors (Lipinski definition) is 2. The average molecular weight is 580 g/mol. The Morgan fingerprint density at radius 1 is 0.952 bits per heavy atom. The van der Waals surface area contributed by atoms with Crippen LogP contribution in [0.25, 0.3) is 10.9 Å². The number of benzene rings is 2. The molecule has 224 valence electrons. The summed E-state index contributed by atoms with van der Waals surface area (Å²) in [6, 6.07) is 9.84. The van der Waals surface area contributed by atoms with Crippen molar-refractivity contribution >= 4 is 40.3 Å². The van der Waals surface area contributed by atoms with Crippen molar-refractivity contribution < 1.29 is 28.5 Å². The molecule has 0 spiro atoms. The predicted molar refractivity (Wildman–Crippen MR) is 159 cm³/mol. The summed E-state index contributed by atoms with van der Waals surface area (Å²) in [6.45, 7) is 6.76. The first kappa shape index (κ1) is 29.3. The van der Waals surface area contributed by atoms with Crippen LogP contribution in [0, 0.1) is 0 Å². The number of carbonyl (C=O) groups excluding carboxylic acids is 2. The molecule has 1 aromatic heterocycles. The molecule has 2 aliphatic rings. The number of rotatable bonds is 9. The molecule has 2 fully saturated rings. The van der Waals surface area contributed by atoms with Crippen molar-refractivity contribution in [2.45, 2.75) is 0 Å². The van der Waals surface area contributed by atoms with Gasteiger partial charge in [0.2, 0.25) is 5.95 Å². The van der Waals surface area contributed by atoms with Crippen LogP contribution in [-0.2, 0) is 9.47 Å². The molecular formula is C29H37N7O6. The number of methoxy groups -OCH3 is 1. The molecular weight excluding hydrogens is 542 g/mol. The largest absolute Gasteiger partial charge is 0.493 e. The summed E-state index contributed by atoms with van der Waals surface area (Å²) in [4.78, 5) is 40.9. The van der Waals surface area contributed by atoms with E-state index in [0.717, 1.165) is 32.8 Å². The van der Waals surface area contributed by atoms with Crippen molar-refractivity contribution in [1.29, 1.82) is 0 Å². The zero-order chi connectivity index (χ0) is 29.5. The normalized spacial score (nSPS) is 15.7. The smallest absolute Gasteiger partial charge is 0.324 e. The fourth-order valence-corrected chi connectivity index (χ4v) is 4.76. The zero-order valence-electron chi connectivity index (χ0n) is 24.2. The molecule has 2 aromatic carbocycles. The summed E-state index contributed by atoms with van der Waals surface area (Å²) in [5, 5.41) is 6.29. The van der Waals surface area contributed by atoms with Crippen molar-refractivity contribution in [3.8, 4) is 11.5 Å². The second kappa shape index (κ2) is 13.6. The van der Waals surface area contributed by atoms with E-state index in [0.29, 0.717) is 78.3 Å². The number of fused-ring (bicyclic) bond motifs is 1. The van der Waals surface area contributed by atoms with Gasteiger partial charge < -0.3 is 34.1 Å². The van der Waals surface area contributed by atoms with E-state index in [2.05, 4.69) is 15.5 Å². The number of aromatic nitrogens is 2. The lowest BCUT2D eigenvalue weighted by Crippen LogP contribution is -2.38. The highest BCUT2D eigenvalue weighted by molar-refractivity contribution is 6.05. The van der Waals surface area contributed by atoms with Gasteiger partial charge in [0.1, 0.15) is 12.4 Å². The minimum Gasteiger partial charge on any atom is -0.493 e. The molecule has 3 aromatic rings. The first-order valence-electron chi connectivity index (χ1n) is 14.0. The number of anilines is 3. The van der Waals surface area contributed by atoms with Crippen LogP contribution < -0.4 is 25.0 Å². The van der Waals surface area contributed by atoms with Crippen LogP contribution in [0.2, 0.25) is 0 Å². The average Bonchev–Trinajstić information content (AvgIpc) is 3.01. The number of nitrogens with zero attached hydrogens (tertiary/aromatic N) is 5. The van der Waals surface area contributed by atoms with Gasteiger partial charge in [-0.25, -0.2) is 9.78 Å². The fraction of sp³-hybridized carbons (Fsp3) is 0.448. The van der Waals surface area contributed by atoms with Crippen LogP contribution in [-0.4, -0.2) is 119 Å². The summed E-state index contributed by atoms with van der Waals surface area (Å²) in [7, 11) is 4.94. The molecule has 2 aliphatic heterocycles. The summed E-state index contributed by atoms with van der Waals surface area (Å²) >= 11 is 0. The van der Waals surface area contributed by atoms with Crippen molar-refractivity contribution in [2.75, 3.05) is 102 Å². The van der Waals surface area contributed by atoms with Crippen LogP contribution >= 0.6 is 0 Å². The van der Waals surface area contributed by atoms with Gasteiger partial charge in [-0.1, -0.05) is 6.07 Å². The molecule has 0 saturated carbocycles. The number of ether oxygens (including phenoxy) is 4. The Bertz CT molecular complexity index is 1410. The van der Waals surface area contributed by atoms with Gasteiger partial charge in [-0.3, -0.25) is 15.0 Å². The second-order valence-corrected chi connectivity index (χ2v) is 10.2. The van der Waals surface area contributed by atoms with Gasteiger partial charge >= 0.3 is 6.03 Å². The van der Waals surface area contributed by atoms with Crippen molar-refractivity contribution in [3.63, 3.8) is 0 Å². The molecule has 42 heavy (non-hydrogen) atoms. The number of morpholine rings is 2. The van der Waals surface area contributed by atoms with Crippen LogP contribution in [0.5, 0.6) is 11.5 Å². The molecule has 0 radical (unpaired) electrons. The number of hydrogen-bond acceptors (Lipinski definition) is 10. The van der Waals surface area contributed by atoms with Crippen molar-refractivity contribution in [3.05, 3.63) is 42.0 Å². The monoisotopic (exact) mass is 579 g/mol. The lowest BCUT2D eigenvalue weighted by atomic mass is 10.2. The lowest BCUT2D eigenvalue weighted by molar-refractivity contribution is 0.0321. The minimum absolute atomic E-state index is 0.161. The topological polar surface area (TPSA) is 131 Å². The molecule has 13 heteroatoms. The highest BCUT2D eigenvalue weighted by Gasteiger charge is 2.21. The summed E-state index contributed by atoms with van der Waals surface area (Å²) in [5.74, 6) is 1.70. The molecule has 0 unspecified atom stereocenters. The molecule has 13 nitrogen and oxygen atoms in total. The number of carbonyl (C=O) groups is 2. The summed E-state index contributed by atoms with van der Waals surface area (Å²) < 4.78 is 22.7. The first-order valence-corrected chi connectivity index (χ1v) is 14.0. The van der Waals surface area contributed by atoms with Gasteiger partial charge in [0.15, 0.2) is 11.5 Å². The Kier molecular flexibility index (Phi) is 9.52. The Balaban J connectivity index is 1.41. The molecule has 0 bridgehead atoms. The maximum atomic E-state index is 13.2. The number of amides is 3. The minimum atomic E-state index is -0.511. The first-order chi connectivity index (χ1) is 20.4. The molecule has 5 rings (SSSR count). The van der Waals surface area contributed by atoms with E-state index in [-0.39, 0.29) is 5.91 Å². The second-order valence-electron chi connectivity index (χ2n) is 10.2. The third-order valence-corrected chi connectivity index (χ3v) is 7.04. The van der Waals surface area contributed by atoms with Crippen LogP contribution in [0.1, 0.15) is 10.4 Å². The lowest BCUT2D eigenvalue weighted by Gasteiger charge is -2.27. The Labute approximate surface area is 244 Å². The Morgan fingerprint density at radius 3 is 2.40 bits per heavy atom. The molecule has 2 N–H and O–H groups in total. The number of urea groups is 1. The van der Waals surface area contributed by atoms with E-state index in [9.17, 15) is 9.59 Å². The molecule has 2 saturated heterocycles. The van der Waals surface area contributed by atoms with E-state index in [1.807, 2.05) is 4.90 Å². The summed E-state index contributed by atoms with van der Waals surface area (Å²) in [5.41, 5.74) is 1.53. The quantitative estimate of drug-likeness (QED) is 0.390. The maximum absolute atomic E-state index is 13.2. The highest BCUT2D eigenvalue weighted by Crippen LogP contribution is 2.35. The highest BCUT2D eigenvalue weighted by atomic mass is 16.5. The molecule has 0 aliphatic carbocycles. The van der Waals surface area contributed by atoms with E-state index in [1.54, 1.807) is 57.6 Å². The van der Waals surface area contributed by atoms with Gasteiger partial charge in [0.25, 0.3) is 5.91 Å². The number of nitrogens with one attached hydrogen (secondary N) is 2. The van der Waals surface area contributed by atoms with Crippen molar-refractivity contribution in [2.24, 2.45) is 0 Å². The SMILES string of the molecule is COc1cc2nc(N3CCOCC3)nc(NC(=O)Nc3cccc(C(=O)N(C)C)c3)c2cc1OCCN1CCOCC1. The third kappa shape index (κ3) is 7.16. The van der Waals surface area contributed by atoms with E-state index in [1.165, 1.54) is 4.90 Å². The molecule has 3 amide bonds. The van der Waals surface area contributed by atoms with Gasteiger partial charge in [-0.2, -0.15) is 4.98 Å². The molecule has 3 heterocycles. The standard InChI is InChI=1S/C29H37N7O6/c1-34(2)27(37)20-5-4-6-21(17-20)30-29(38)33-26-22-18-25(42-16-9-35-7-12-40-13-8-35)24(39-3)19-23(22)31-28(32-26)36-10-14-41-15-11-36/h4-6,17-19H,7-16H2,1-3H3,(H2,30,31,32,33,38).